The fourth-order valence-corrected chi connectivity index (χ4v) is 2.02. The van der Waals surface area contributed by atoms with E-state index in [0.717, 1.165) is 23.9 Å². The van der Waals surface area contributed by atoms with Gasteiger partial charge >= 0.3 is 0 Å². The first-order valence-electron chi connectivity index (χ1n) is 6.36. The maximum atomic E-state index is 13.5. The third kappa shape index (κ3) is 3.33. The third-order valence-electron chi connectivity index (χ3n) is 3.22. The molecule has 2 nitrogen and oxygen atoms in total. The molecule has 0 bridgehead atoms. The molecule has 0 aliphatic carbocycles. The van der Waals surface area contributed by atoms with Gasteiger partial charge < -0.3 is 10.0 Å². The summed E-state index contributed by atoms with van der Waals surface area (Å²) in [5, 5.41) is 10.1. The van der Waals surface area contributed by atoms with Crippen molar-refractivity contribution in [1.29, 1.82) is 0 Å². The van der Waals surface area contributed by atoms with Gasteiger partial charge in [0.15, 0.2) is 0 Å². The van der Waals surface area contributed by atoms with E-state index in [1.165, 1.54) is 0 Å². The van der Waals surface area contributed by atoms with Crippen LogP contribution in [-0.4, -0.2) is 19.2 Å². The lowest BCUT2D eigenvalue weighted by molar-refractivity contribution is 0.177. The van der Waals surface area contributed by atoms with E-state index in [1.807, 2.05) is 31.1 Å². The molecule has 2 aromatic carbocycles. The van der Waals surface area contributed by atoms with Crippen LogP contribution in [0.15, 0.2) is 42.5 Å². The molecule has 1 N–H and O–H groups in total. The first kappa shape index (κ1) is 14.5. The predicted molar refractivity (Wildman–Crippen MR) is 75.8 cm³/mol. The summed E-state index contributed by atoms with van der Waals surface area (Å²) >= 11 is 0. The lowest BCUT2D eigenvalue weighted by atomic mass is 10.0. The summed E-state index contributed by atoms with van der Waals surface area (Å²) < 4.78 is 26.6. The molecule has 2 aromatic rings. The van der Waals surface area contributed by atoms with Crippen LogP contribution in [0.3, 0.4) is 0 Å². The summed E-state index contributed by atoms with van der Waals surface area (Å²) in [6.45, 7) is 0. The van der Waals surface area contributed by atoms with Crippen LogP contribution in [0.2, 0.25) is 0 Å². The fraction of sp³-hybridized carbons (Fsp3) is 0.250. The SMILES string of the molecule is CN(C)c1ccc(C(O)Cc2cc(F)ccc2F)cc1. The molecule has 0 fully saturated rings. The van der Waals surface area contributed by atoms with E-state index in [-0.39, 0.29) is 12.0 Å². The zero-order valence-electron chi connectivity index (χ0n) is 11.5. The summed E-state index contributed by atoms with van der Waals surface area (Å²) in [6.07, 6.45) is -0.812. The molecule has 2 rings (SSSR count). The lowest BCUT2D eigenvalue weighted by Crippen LogP contribution is -2.09. The maximum Gasteiger partial charge on any atom is 0.126 e. The van der Waals surface area contributed by atoms with E-state index in [2.05, 4.69) is 0 Å². The summed E-state index contributed by atoms with van der Waals surface area (Å²) in [5.41, 5.74) is 1.87. The van der Waals surface area contributed by atoms with E-state index >= 15 is 0 Å². The van der Waals surface area contributed by atoms with Crippen molar-refractivity contribution < 1.29 is 13.9 Å². The lowest BCUT2D eigenvalue weighted by Gasteiger charge is -2.15. The van der Waals surface area contributed by atoms with Crippen LogP contribution >= 0.6 is 0 Å². The minimum atomic E-state index is -0.859. The Kier molecular flexibility index (Phi) is 4.35. The van der Waals surface area contributed by atoms with Gasteiger partial charge in [-0.2, -0.15) is 0 Å². The number of nitrogens with zero attached hydrogens (tertiary/aromatic N) is 1. The molecule has 0 amide bonds. The van der Waals surface area contributed by atoms with Crippen molar-refractivity contribution in [3.63, 3.8) is 0 Å². The highest BCUT2D eigenvalue weighted by Gasteiger charge is 2.12. The highest BCUT2D eigenvalue weighted by molar-refractivity contribution is 5.46. The van der Waals surface area contributed by atoms with E-state index in [1.54, 1.807) is 12.1 Å². The van der Waals surface area contributed by atoms with Crippen molar-refractivity contribution in [2.24, 2.45) is 0 Å². The zero-order chi connectivity index (χ0) is 14.7. The number of hydrogen-bond acceptors (Lipinski definition) is 2. The van der Waals surface area contributed by atoms with E-state index in [4.69, 9.17) is 0 Å². The number of halogens is 2. The van der Waals surface area contributed by atoms with E-state index in [0.29, 0.717) is 5.56 Å². The highest BCUT2D eigenvalue weighted by Crippen LogP contribution is 2.22. The van der Waals surface area contributed by atoms with Crippen molar-refractivity contribution in [3.05, 3.63) is 65.2 Å². The highest BCUT2D eigenvalue weighted by atomic mass is 19.1. The molecule has 20 heavy (non-hydrogen) atoms. The molecule has 0 aromatic heterocycles. The Hall–Kier alpha value is -1.94. The Morgan fingerprint density at radius 3 is 2.30 bits per heavy atom. The number of rotatable bonds is 4. The van der Waals surface area contributed by atoms with Crippen molar-refractivity contribution >= 4 is 5.69 Å². The number of aliphatic hydroxyl groups is 1. The van der Waals surface area contributed by atoms with Crippen molar-refractivity contribution in [2.45, 2.75) is 12.5 Å². The molecular weight excluding hydrogens is 260 g/mol. The molecule has 0 saturated carbocycles. The molecule has 106 valence electrons. The van der Waals surface area contributed by atoms with Gasteiger partial charge in [-0.05, 0) is 41.5 Å². The second kappa shape index (κ2) is 6.01. The molecule has 0 aliphatic heterocycles. The summed E-state index contributed by atoms with van der Waals surface area (Å²) in [5.74, 6) is -1.01. The van der Waals surface area contributed by atoms with Crippen LogP contribution in [0.1, 0.15) is 17.2 Å². The van der Waals surface area contributed by atoms with Gasteiger partial charge in [0.25, 0.3) is 0 Å². The van der Waals surface area contributed by atoms with Crippen LogP contribution < -0.4 is 4.90 Å². The Balaban J connectivity index is 2.15. The second-order valence-electron chi connectivity index (χ2n) is 4.94. The molecule has 0 spiro atoms. The molecule has 1 atom stereocenters. The van der Waals surface area contributed by atoms with Gasteiger partial charge in [-0.15, -0.1) is 0 Å². The van der Waals surface area contributed by atoms with Gasteiger partial charge in [-0.3, -0.25) is 0 Å². The molecule has 0 saturated heterocycles. The van der Waals surface area contributed by atoms with Crippen molar-refractivity contribution in [2.75, 3.05) is 19.0 Å². The zero-order valence-corrected chi connectivity index (χ0v) is 11.5. The smallest absolute Gasteiger partial charge is 0.126 e. The monoisotopic (exact) mass is 277 g/mol. The van der Waals surface area contributed by atoms with Gasteiger partial charge in [0, 0.05) is 26.2 Å². The minimum absolute atomic E-state index is 0.0465. The Bertz CT molecular complexity index is 582. The van der Waals surface area contributed by atoms with Crippen LogP contribution in [0.4, 0.5) is 14.5 Å². The summed E-state index contributed by atoms with van der Waals surface area (Å²) in [6, 6.07) is 10.6. The van der Waals surface area contributed by atoms with Crippen LogP contribution in [0, 0.1) is 11.6 Å². The topological polar surface area (TPSA) is 23.5 Å². The number of aliphatic hydroxyl groups excluding tert-OH is 1. The quantitative estimate of drug-likeness (QED) is 0.927. The molecule has 4 heteroatoms. The first-order valence-corrected chi connectivity index (χ1v) is 6.36. The molecule has 0 heterocycles. The van der Waals surface area contributed by atoms with Crippen molar-refractivity contribution in [1.82, 2.24) is 0 Å². The molecular formula is C16H17F2NO. The molecule has 1 unspecified atom stereocenters. The number of anilines is 1. The van der Waals surface area contributed by atoms with Crippen molar-refractivity contribution in [3.8, 4) is 0 Å². The standard InChI is InChI=1S/C16H17F2NO/c1-19(2)14-6-3-11(4-7-14)16(20)10-12-9-13(17)5-8-15(12)18/h3-9,16,20H,10H2,1-2H3. The number of hydrogen-bond donors (Lipinski definition) is 1. The summed E-state index contributed by atoms with van der Waals surface area (Å²) in [7, 11) is 3.85. The van der Waals surface area contributed by atoms with Gasteiger partial charge in [-0.1, -0.05) is 12.1 Å². The fourth-order valence-electron chi connectivity index (χ4n) is 2.02. The average Bonchev–Trinajstić information content (AvgIpc) is 2.43. The first-order chi connectivity index (χ1) is 9.47. The van der Waals surface area contributed by atoms with E-state index < -0.39 is 17.7 Å². The van der Waals surface area contributed by atoms with Gasteiger partial charge in [0.2, 0.25) is 0 Å². The second-order valence-corrected chi connectivity index (χ2v) is 4.94. The largest absolute Gasteiger partial charge is 0.388 e. The normalized spacial score (nSPS) is 12.2. The van der Waals surface area contributed by atoms with Crippen LogP contribution in [-0.2, 0) is 6.42 Å². The van der Waals surface area contributed by atoms with Gasteiger partial charge in [0.05, 0.1) is 6.10 Å². The van der Waals surface area contributed by atoms with Crippen LogP contribution in [0.25, 0.3) is 0 Å². The molecule has 0 radical (unpaired) electrons. The predicted octanol–water partition coefficient (Wildman–Crippen LogP) is 3.31. The van der Waals surface area contributed by atoms with Gasteiger partial charge in [-0.25, -0.2) is 8.78 Å². The minimum Gasteiger partial charge on any atom is -0.388 e. The number of benzene rings is 2. The maximum absolute atomic E-state index is 13.5. The Morgan fingerprint density at radius 1 is 1.05 bits per heavy atom. The molecule has 0 aliphatic rings. The third-order valence-corrected chi connectivity index (χ3v) is 3.22. The van der Waals surface area contributed by atoms with E-state index in [9.17, 15) is 13.9 Å². The van der Waals surface area contributed by atoms with Gasteiger partial charge in [0.1, 0.15) is 11.6 Å². The average molecular weight is 277 g/mol. The Morgan fingerprint density at radius 2 is 1.70 bits per heavy atom. The summed E-state index contributed by atoms with van der Waals surface area (Å²) in [4.78, 5) is 1.95. The van der Waals surface area contributed by atoms with Crippen LogP contribution in [0.5, 0.6) is 0 Å². The Labute approximate surface area is 117 Å².